The van der Waals surface area contributed by atoms with Crippen LogP contribution in [0.2, 0.25) is 0 Å². The third-order valence-electron chi connectivity index (χ3n) is 0.741. The van der Waals surface area contributed by atoms with Gasteiger partial charge >= 0.3 is 0 Å². The van der Waals surface area contributed by atoms with Crippen LogP contribution in [-0.4, -0.2) is 32.7 Å². The van der Waals surface area contributed by atoms with Gasteiger partial charge in [-0.15, -0.1) is 12.4 Å². The number of carbonyl (C=O) groups is 1. The van der Waals surface area contributed by atoms with Crippen molar-refractivity contribution < 1.29 is 9.53 Å². The molecule has 0 heterocycles. The van der Waals surface area contributed by atoms with Crippen molar-refractivity contribution in [3.63, 3.8) is 0 Å². The molecule has 0 radical (unpaired) electrons. The van der Waals surface area contributed by atoms with Gasteiger partial charge in [0.2, 0.25) is 5.91 Å². The minimum atomic E-state index is -0.425. The molecule has 5 heteroatoms. The summed E-state index contributed by atoms with van der Waals surface area (Å²) in [6, 6.07) is 0. The van der Waals surface area contributed by atoms with Crippen molar-refractivity contribution in [1.82, 2.24) is 5.32 Å². The summed E-state index contributed by atoms with van der Waals surface area (Å²) in [6.45, 7) is 1.29. The molecule has 0 fully saturated rings. The third kappa shape index (κ3) is 10.6. The summed E-state index contributed by atoms with van der Waals surface area (Å²) in [7, 11) is 1.81. The highest BCUT2D eigenvalue weighted by atomic mass is 35.5. The van der Waals surface area contributed by atoms with Crippen LogP contribution in [0.4, 0.5) is 0 Å². The second kappa shape index (κ2) is 8.68. The van der Waals surface area contributed by atoms with Crippen LogP contribution in [0, 0.1) is 0 Å². The van der Waals surface area contributed by atoms with Crippen molar-refractivity contribution in [3.05, 3.63) is 0 Å². The zero-order valence-corrected chi connectivity index (χ0v) is 6.74. The smallest absolute Gasteiger partial charge is 0.243 e. The van der Waals surface area contributed by atoms with Crippen LogP contribution < -0.4 is 11.1 Å². The quantitative estimate of drug-likeness (QED) is 0.525. The summed E-state index contributed by atoms with van der Waals surface area (Å²) in [5, 5.41) is 2.86. The molecule has 0 aromatic carbocycles. The molecule has 0 aromatic rings. The van der Waals surface area contributed by atoms with Crippen LogP contribution in [0.25, 0.3) is 0 Å². The van der Waals surface area contributed by atoms with Gasteiger partial charge in [-0.1, -0.05) is 0 Å². The number of primary amides is 1. The standard InChI is InChI=1S/C5H12N2O2.ClH/c1-7-2-3-9-4-5(6)8;/h7H,2-4H2,1H3,(H2,6,8);1H. The average Bonchev–Trinajstić information content (AvgIpc) is 1.80. The highest BCUT2D eigenvalue weighted by Gasteiger charge is 1.90. The second-order valence-electron chi connectivity index (χ2n) is 1.62. The number of carbonyl (C=O) groups excluding carboxylic acids is 1. The lowest BCUT2D eigenvalue weighted by atomic mass is 10.6. The van der Waals surface area contributed by atoms with Gasteiger partial charge in [-0.05, 0) is 7.05 Å². The van der Waals surface area contributed by atoms with Gasteiger partial charge in [-0.25, -0.2) is 0 Å². The molecular formula is C5H13ClN2O2. The Morgan fingerprint density at radius 1 is 1.70 bits per heavy atom. The molecule has 0 atom stereocenters. The zero-order valence-electron chi connectivity index (χ0n) is 5.92. The molecule has 4 nitrogen and oxygen atoms in total. The fraction of sp³-hybridized carbons (Fsp3) is 0.800. The molecule has 0 aliphatic carbocycles. The van der Waals surface area contributed by atoms with E-state index in [1.54, 1.807) is 0 Å². The number of hydrogen-bond acceptors (Lipinski definition) is 3. The lowest BCUT2D eigenvalue weighted by Crippen LogP contribution is -2.21. The van der Waals surface area contributed by atoms with Crippen molar-refractivity contribution in [2.24, 2.45) is 5.73 Å². The monoisotopic (exact) mass is 168 g/mol. The topological polar surface area (TPSA) is 64.3 Å². The van der Waals surface area contributed by atoms with E-state index < -0.39 is 5.91 Å². The van der Waals surface area contributed by atoms with E-state index in [9.17, 15) is 4.79 Å². The number of amides is 1. The number of ether oxygens (including phenoxy) is 1. The first-order chi connectivity index (χ1) is 4.27. The maximum atomic E-state index is 10.0. The maximum absolute atomic E-state index is 10.0. The summed E-state index contributed by atoms with van der Waals surface area (Å²) in [5.74, 6) is -0.425. The van der Waals surface area contributed by atoms with Gasteiger partial charge in [-0.2, -0.15) is 0 Å². The van der Waals surface area contributed by atoms with E-state index >= 15 is 0 Å². The lowest BCUT2D eigenvalue weighted by molar-refractivity contribution is -0.122. The van der Waals surface area contributed by atoms with Gasteiger partial charge < -0.3 is 15.8 Å². The fourth-order valence-corrected chi connectivity index (χ4v) is 0.347. The molecule has 0 rings (SSSR count). The van der Waals surface area contributed by atoms with Crippen LogP contribution in [0.1, 0.15) is 0 Å². The zero-order chi connectivity index (χ0) is 7.11. The predicted octanol–water partition coefficient (Wildman–Crippen LogP) is -0.871. The van der Waals surface area contributed by atoms with Gasteiger partial charge in [-0.3, -0.25) is 4.79 Å². The molecule has 62 valence electrons. The number of nitrogens with two attached hydrogens (primary N) is 1. The van der Waals surface area contributed by atoms with E-state index in [1.165, 1.54) is 0 Å². The van der Waals surface area contributed by atoms with Gasteiger partial charge in [0.25, 0.3) is 0 Å². The summed E-state index contributed by atoms with van der Waals surface area (Å²) in [4.78, 5) is 10.0. The molecule has 0 saturated heterocycles. The number of nitrogens with one attached hydrogen (secondary N) is 1. The number of halogens is 1. The van der Waals surface area contributed by atoms with Crippen LogP contribution in [0.3, 0.4) is 0 Å². The van der Waals surface area contributed by atoms with Crippen molar-refractivity contribution in [3.8, 4) is 0 Å². The summed E-state index contributed by atoms with van der Waals surface area (Å²) < 4.78 is 4.80. The van der Waals surface area contributed by atoms with E-state index in [0.717, 1.165) is 6.54 Å². The van der Waals surface area contributed by atoms with E-state index in [2.05, 4.69) is 5.32 Å². The second-order valence-corrected chi connectivity index (χ2v) is 1.62. The Morgan fingerprint density at radius 3 is 2.70 bits per heavy atom. The molecule has 0 saturated carbocycles. The Hall–Kier alpha value is -0.320. The lowest BCUT2D eigenvalue weighted by Gasteiger charge is -1.98. The van der Waals surface area contributed by atoms with Crippen molar-refractivity contribution in [1.29, 1.82) is 0 Å². The number of rotatable bonds is 5. The van der Waals surface area contributed by atoms with Crippen LogP contribution in [-0.2, 0) is 9.53 Å². The third-order valence-corrected chi connectivity index (χ3v) is 0.741. The van der Waals surface area contributed by atoms with Crippen molar-refractivity contribution >= 4 is 18.3 Å². The maximum Gasteiger partial charge on any atom is 0.243 e. The highest BCUT2D eigenvalue weighted by molar-refractivity contribution is 5.85. The molecule has 10 heavy (non-hydrogen) atoms. The van der Waals surface area contributed by atoms with Crippen LogP contribution >= 0.6 is 12.4 Å². The molecular weight excluding hydrogens is 156 g/mol. The molecule has 0 aliphatic rings. The molecule has 0 spiro atoms. The molecule has 0 bridgehead atoms. The minimum absolute atomic E-state index is 0. The Labute approximate surface area is 66.5 Å². The van der Waals surface area contributed by atoms with Crippen molar-refractivity contribution in [2.75, 3.05) is 26.8 Å². The van der Waals surface area contributed by atoms with E-state index in [1.807, 2.05) is 7.05 Å². The first-order valence-electron chi connectivity index (χ1n) is 2.78. The Kier molecular flexibility index (Phi) is 10.7. The average molecular weight is 169 g/mol. The molecule has 0 aromatic heterocycles. The molecule has 3 N–H and O–H groups in total. The van der Waals surface area contributed by atoms with Crippen molar-refractivity contribution in [2.45, 2.75) is 0 Å². The fourth-order valence-electron chi connectivity index (χ4n) is 0.347. The molecule has 1 amide bonds. The van der Waals surface area contributed by atoms with Gasteiger partial charge in [0, 0.05) is 6.54 Å². The Morgan fingerprint density at radius 2 is 2.30 bits per heavy atom. The van der Waals surface area contributed by atoms with Gasteiger partial charge in [0.1, 0.15) is 6.61 Å². The summed E-state index contributed by atoms with van der Waals surface area (Å²) in [6.07, 6.45) is 0. The Bertz CT molecular complexity index is 89.7. The molecule has 0 aliphatic heterocycles. The molecule has 0 unspecified atom stereocenters. The first kappa shape index (κ1) is 12.4. The van der Waals surface area contributed by atoms with Crippen LogP contribution in [0.5, 0.6) is 0 Å². The minimum Gasteiger partial charge on any atom is -0.370 e. The highest BCUT2D eigenvalue weighted by Crippen LogP contribution is 1.69. The SMILES string of the molecule is CNCCOCC(N)=O.Cl. The van der Waals surface area contributed by atoms with E-state index in [0.29, 0.717) is 6.61 Å². The number of hydrogen-bond donors (Lipinski definition) is 2. The van der Waals surface area contributed by atoms with Gasteiger partial charge in [0.05, 0.1) is 6.61 Å². The van der Waals surface area contributed by atoms with Crippen LogP contribution in [0.15, 0.2) is 0 Å². The van der Waals surface area contributed by atoms with E-state index in [4.69, 9.17) is 10.5 Å². The summed E-state index contributed by atoms with van der Waals surface area (Å²) in [5.41, 5.74) is 4.79. The number of likely N-dealkylation sites (N-methyl/N-ethyl adjacent to an activating group) is 1. The normalized spacial score (nSPS) is 8.50. The Balaban J connectivity index is 0. The van der Waals surface area contributed by atoms with Gasteiger partial charge in [0.15, 0.2) is 0 Å². The first-order valence-corrected chi connectivity index (χ1v) is 2.78. The summed E-state index contributed by atoms with van der Waals surface area (Å²) >= 11 is 0. The van der Waals surface area contributed by atoms with E-state index in [-0.39, 0.29) is 19.0 Å². The largest absolute Gasteiger partial charge is 0.370 e. The predicted molar refractivity (Wildman–Crippen MR) is 41.2 cm³/mol.